The average Bonchev–Trinajstić information content (AvgIpc) is 2.57. The first-order valence-corrected chi connectivity index (χ1v) is 4.93. The second-order valence-corrected chi connectivity index (χ2v) is 3.60. The number of aromatic nitrogens is 2. The van der Waals surface area contributed by atoms with Crippen molar-refractivity contribution in [2.24, 2.45) is 7.05 Å². The first kappa shape index (κ1) is 10.4. The highest BCUT2D eigenvalue weighted by Crippen LogP contribution is 2.24. The van der Waals surface area contributed by atoms with Gasteiger partial charge in [-0.3, -0.25) is 4.68 Å². The first-order valence-electron chi connectivity index (χ1n) is 4.93. The largest absolute Gasteiger partial charge is 0.478 e. The first-order chi connectivity index (χ1) is 7.61. The SMILES string of the molecule is Cc1c(C(=O)O)c(-c2ccccc2)nn1C. The number of aromatic carboxylic acids is 1. The summed E-state index contributed by atoms with van der Waals surface area (Å²) in [5.74, 6) is -0.940. The predicted molar refractivity (Wildman–Crippen MR) is 60.3 cm³/mol. The molecule has 2 aromatic rings. The van der Waals surface area contributed by atoms with Crippen molar-refractivity contribution < 1.29 is 9.90 Å². The zero-order chi connectivity index (χ0) is 11.7. The van der Waals surface area contributed by atoms with E-state index in [2.05, 4.69) is 5.10 Å². The molecule has 0 atom stereocenters. The molecular weight excluding hydrogens is 204 g/mol. The number of rotatable bonds is 2. The lowest BCUT2D eigenvalue weighted by molar-refractivity contribution is 0.0697. The Morgan fingerprint density at radius 3 is 2.50 bits per heavy atom. The summed E-state index contributed by atoms with van der Waals surface area (Å²) in [5, 5.41) is 13.4. The van der Waals surface area contributed by atoms with Gasteiger partial charge in [-0.1, -0.05) is 30.3 Å². The maximum atomic E-state index is 11.2. The molecule has 0 aliphatic heterocycles. The standard InChI is InChI=1S/C12H12N2O2/c1-8-10(12(15)16)11(13-14(8)2)9-6-4-3-5-7-9/h3-7H,1-2H3,(H,15,16). The van der Waals surface area contributed by atoms with Gasteiger partial charge in [-0.15, -0.1) is 0 Å². The number of hydrogen-bond donors (Lipinski definition) is 1. The summed E-state index contributed by atoms with van der Waals surface area (Å²) >= 11 is 0. The lowest BCUT2D eigenvalue weighted by Crippen LogP contribution is -2.00. The maximum absolute atomic E-state index is 11.2. The minimum absolute atomic E-state index is 0.272. The molecule has 16 heavy (non-hydrogen) atoms. The fraction of sp³-hybridized carbons (Fsp3) is 0.167. The van der Waals surface area contributed by atoms with Gasteiger partial charge in [0.2, 0.25) is 0 Å². The molecule has 0 aliphatic rings. The Morgan fingerprint density at radius 1 is 1.31 bits per heavy atom. The zero-order valence-electron chi connectivity index (χ0n) is 9.14. The Labute approximate surface area is 93.1 Å². The van der Waals surface area contributed by atoms with E-state index < -0.39 is 5.97 Å². The molecule has 2 rings (SSSR count). The molecule has 0 saturated carbocycles. The van der Waals surface area contributed by atoms with Crippen molar-refractivity contribution in [3.8, 4) is 11.3 Å². The van der Waals surface area contributed by atoms with Crippen LogP contribution in [0.5, 0.6) is 0 Å². The number of nitrogens with zero attached hydrogens (tertiary/aromatic N) is 2. The van der Waals surface area contributed by atoms with E-state index in [0.717, 1.165) is 5.56 Å². The van der Waals surface area contributed by atoms with Crippen LogP contribution in [-0.4, -0.2) is 20.9 Å². The van der Waals surface area contributed by atoms with E-state index in [1.807, 2.05) is 30.3 Å². The smallest absolute Gasteiger partial charge is 0.339 e. The molecule has 0 radical (unpaired) electrons. The summed E-state index contributed by atoms with van der Waals surface area (Å²) in [5.41, 5.74) is 2.27. The number of aryl methyl sites for hydroxylation is 1. The van der Waals surface area contributed by atoms with Gasteiger partial charge in [0, 0.05) is 12.6 Å². The van der Waals surface area contributed by atoms with Crippen LogP contribution in [0.1, 0.15) is 16.1 Å². The molecular formula is C12H12N2O2. The molecule has 1 aromatic carbocycles. The van der Waals surface area contributed by atoms with E-state index in [9.17, 15) is 4.79 Å². The van der Waals surface area contributed by atoms with Crippen molar-refractivity contribution in [1.82, 2.24) is 9.78 Å². The Bertz CT molecular complexity index is 529. The Hall–Kier alpha value is -2.10. The van der Waals surface area contributed by atoms with E-state index in [-0.39, 0.29) is 5.56 Å². The second-order valence-electron chi connectivity index (χ2n) is 3.60. The molecule has 0 spiro atoms. The molecule has 0 unspecified atom stereocenters. The van der Waals surface area contributed by atoms with Gasteiger partial charge in [-0.25, -0.2) is 4.79 Å². The summed E-state index contributed by atoms with van der Waals surface area (Å²) in [7, 11) is 1.74. The molecule has 1 aromatic heterocycles. The lowest BCUT2D eigenvalue weighted by Gasteiger charge is -1.98. The van der Waals surface area contributed by atoms with Gasteiger partial charge < -0.3 is 5.11 Å². The number of carboxylic acid groups (broad SMARTS) is 1. The number of hydrogen-bond acceptors (Lipinski definition) is 2. The van der Waals surface area contributed by atoms with Crippen LogP contribution in [0, 0.1) is 6.92 Å². The number of carbonyl (C=O) groups is 1. The van der Waals surface area contributed by atoms with Crippen LogP contribution in [0.25, 0.3) is 11.3 Å². The van der Waals surface area contributed by atoms with Crippen molar-refractivity contribution in [3.63, 3.8) is 0 Å². The quantitative estimate of drug-likeness (QED) is 0.836. The van der Waals surface area contributed by atoms with Crippen LogP contribution in [0.2, 0.25) is 0 Å². The molecule has 4 nitrogen and oxygen atoms in total. The summed E-state index contributed by atoms with van der Waals surface area (Å²) in [6.07, 6.45) is 0. The van der Waals surface area contributed by atoms with Crippen LogP contribution in [0.4, 0.5) is 0 Å². The van der Waals surface area contributed by atoms with Crippen molar-refractivity contribution in [2.75, 3.05) is 0 Å². The minimum Gasteiger partial charge on any atom is -0.478 e. The second kappa shape index (κ2) is 3.81. The topological polar surface area (TPSA) is 55.1 Å². The van der Waals surface area contributed by atoms with Crippen molar-refractivity contribution in [2.45, 2.75) is 6.92 Å². The van der Waals surface area contributed by atoms with Gasteiger partial charge in [0.1, 0.15) is 11.3 Å². The van der Waals surface area contributed by atoms with Gasteiger partial charge in [-0.2, -0.15) is 5.10 Å². The van der Waals surface area contributed by atoms with Gasteiger partial charge >= 0.3 is 5.97 Å². The van der Waals surface area contributed by atoms with Crippen LogP contribution in [-0.2, 0) is 7.05 Å². The van der Waals surface area contributed by atoms with E-state index >= 15 is 0 Å². The summed E-state index contributed by atoms with van der Waals surface area (Å²) in [4.78, 5) is 11.2. The van der Waals surface area contributed by atoms with Crippen molar-refractivity contribution in [3.05, 3.63) is 41.6 Å². The number of benzene rings is 1. The van der Waals surface area contributed by atoms with Gasteiger partial charge in [0.05, 0.1) is 5.69 Å². The van der Waals surface area contributed by atoms with E-state index in [4.69, 9.17) is 5.11 Å². The van der Waals surface area contributed by atoms with Gasteiger partial charge in [0.15, 0.2) is 0 Å². The molecule has 0 saturated heterocycles. The summed E-state index contributed by atoms with van der Waals surface area (Å²) < 4.78 is 1.59. The molecule has 0 amide bonds. The highest BCUT2D eigenvalue weighted by molar-refractivity contribution is 5.96. The monoisotopic (exact) mass is 216 g/mol. The lowest BCUT2D eigenvalue weighted by atomic mass is 10.1. The fourth-order valence-corrected chi connectivity index (χ4v) is 1.66. The molecule has 1 heterocycles. The predicted octanol–water partition coefficient (Wildman–Crippen LogP) is 2.09. The normalized spacial score (nSPS) is 10.4. The highest BCUT2D eigenvalue weighted by Gasteiger charge is 2.19. The molecule has 1 N–H and O–H groups in total. The third-order valence-electron chi connectivity index (χ3n) is 2.60. The average molecular weight is 216 g/mol. The van der Waals surface area contributed by atoms with Crippen LogP contribution >= 0.6 is 0 Å². The third-order valence-corrected chi connectivity index (χ3v) is 2.60. The molecule has 0 bridgehead atoms. The molecule has 82 valence electrons. The fourth-order valence-electron chi connectivity index (χ4n) is 1.66. The van der Waals surface area contributed by atoms with E-state index in [0.29, 0.717) is 11.4 Å². The van der Waals surface area contributed by atoms with Crippen LogP contribution < -0.4 is 0 Å². The van der Waals surface area contributed by atoms with Gasteiger partial charge in [-0.05, 0) is 6.92 Å². The minimum atomic E-state index is -0.940. The Morgan fingerprint density at radius 2 is 1.94 bits per heavy atom. The van der Waals surface area contributed by atoms with Crippen LogP contribution in [0.3, 0.4) is 0 Å². The number of carboxylic acids is 1. The van der Waals surface area contributed by atoms with Crippen LogP contribution in [0.15, 0.2) is 30.3 Å². The molecule has 0 fully saturated rings. The maximum Gasteiger partial charge on any atom is 0.339 e. The van der Waals surface area contributed by atoms with Gasteiger partial charge in [0.25, 0.3) is 0 Å². The summed E-state index contributed by atoms with van der Waals surface area (Å²) in [6, 6.07) is 9.33. The van der Waals surface area contributed by atoms with E-state index in [1.165, 1.54) is 0 Å². The van der Waals surface area contributed by atoms with Crippen molar-refractivity contribution >= 4 is 5.97 Å². The highest BCUT2D eigenvalue weighted by atomic mass is 16.4. The van der Waals surface area contributed by atoms with E-state index in [1.54, 1.807) is 18.7 Å². The Kier molecular flexibility index (Phi) is 2.48. The molecule has 0 aliphatic carbocycles. The molecule has 4 heteroatoms. The third kappa shape index (κ3) is 1.58. The Balaban J connectivity index is 2.66. The zero-order valence-corrected chi connectivity index (χ0v) is 9.14. The van der Waals surface area contributed by atoms with Crippen molar-refractivity contribution in [1.29, 1.82) is 0 Å². The summed E-state index contributed by atoms with van der Waals surface area (Å²) in [6.45, 7) is 1.75.